The highest BCUT2D eigenvalue weighted by molar-refractivity contribution is 9.10. The molecule has 2 aromatic rings. The summed E-state index contributed by atoms with van der Waals surface area (Å²) in [6, 6.07) is 3.17. The third kappa shape index (κ3) is 3.06. The monoisotopic (exact) mass is 295 g/mol. The predicted molar refractivity (Wildman–Crippen MR) is 66.9 cm³/mol. The van der Waals surface area contributed by atoms with Gasteiger partial charge in [-0.3, -0.25) is 4.98 Å². The number of nitrogens with zero attached hydrogens (tertiary/aromatic N) is 3. The Balaban J connectivity index is 2.44. The van der Waals surface area contributed by atoms with Crippen molar-refractivity contribution in [2.45, 2.75) is 19.8 Å². The first-order valence-electron chi connectivity index (χ1n) is 5.33. The summed E-state index contributed by atoms with van der Waals surface area (Å²) < 4.78 is 13.8. The van der Waals surface area contributed by atoms with E-state index < -0.39 is 0 Å². The molecule has 5 heteroatoms. The lowest BCUT2D eigenvalue weighted by Crippen LogP contribution is -1.97. The molecule has 0 saturated carbocycles. The molecule has 0 bridgehead atoms. The maximum absolute atomic E-state index is 13.1. The molecule has 0 unspecified atom stereocenters. The van der Waals surface area contributed by atoms with Gasteiger partial charge in [-0.05, 0) is 34.5 Å². The molecule has 88 valence electrons. The molecule has 0 N–H and O–H groups in total. The standard InChI is InChI=1S/C12H11BrFN3/c1-2-3-12-16-10(5-11(13)17-12)8-4-9(14)7-15-6-8/h4-7H,2-3H2,1H3. The van der Waals surface area contributed by atoms with E-state index in [0.29, 0.717) is 15.9 Å². The molecule has 0 aliphatic carbocycles. The molecule has 0 aliphatic heterocycles. The van der Waals surface area contributed by atoms with Crippen LogP contribution in [0.4, 0.5) is 4.39 Å². The first kappa shape index (κ1) is 12.1. The summed E-state index contributed by atoms with van der Waals surface area (Å²) in [7, 11) is 0. The molecule has 0 atom stereocenters. The Hall–Kier alpha value is -1.36. The summed E-state index contributed by atoms with van der Waals surface area (Å²) in [6.07, 6.45) is 4.53. The zero-order valence-electron chi connectivity index (χ0n) is 9.32. The minimum atomic E-state index is -0.366. The maximum atomic E-state index is 13.1. The molecular weight excluding hydrogens is 285 g/mol. The van der Waals surface area contributed by atoms with Crippen LogP contribution in [0.15, 0.2) is 29.1 Å². The Morgan fingerprint density at radius 3 is 2.76 bits per heavy atom. The molecule has 0 aliphatic rings. The van der Waals surface area contributed by atoms with Gasteiger partial charge >= 0.3 is 0 Å². The van der Waals surface area contributed by atoms with Crippen LogP contribution in [-0.4, -0.2) is 15.0 Å². The number of aryl methyl sites for hydroxylation is 1. The number of hydrogen-bond donors (Lipinski definition) is 0. The highest BCUT2D eigenvalue weighted by Gasteiger charge is 2.06. The van der Waals surface area contributed by atoms with Gasteiger partial charge in [0.25, 0.3) is 0 Å². The number of pyridine rings is 1. The Kier molecular flexibility index (Phi) is 3.78. The average Bonchev–Trinajstić information content (AvgIpc) is 2.28. The fourth-order valence-corrected chi connectivity index (χ4v) is 1.92. The van der Waals surface area contributed by atoms with E-state index in [-0.39, 0.29) is 5.82 Å². The van der Waals surface area contributed by atoms with E-state index in [2.05, 4.69) is 37.8 Å². The highest BCUT2D eigenvalue weighted by Crippen LogP contribution is 2.20. The zero-order chi connectivity index (χ0) is 12.3. The average molecular weight is 296 g/mol. The molecule has 2 heterocycles. The summed E-state index contributed by atoms with van der Waals surface area (Å²) in [5, 5.41) is 0. The Morgan fingerprint density at radius 1 is 1.24 bits per heavy atom. The van der Waals surface area contributed by atoms with Gasteiger partial charge in [-0.15, -0.1) is 0 Å². The van der Waals surface area contributed by atoms with Crippen molar-refractivity contribution in [2.24, 2.45) is 0 Å². The van der Waals surface area contributed by atoms with Gasteiger partial charge in [0.2, 0.25) is 0 Å². The van der Waals surface area contributed by atoms with Crippen molar-refractivity contribution >= 4 is 15.9 Å². The van der Waals surface area contributed by atoms with Gasteiger partial charge in [0.1, 0.15) is 16.2 Å². The van der Waals surface area contributed by atoms with E-state index in [1.165, 1.54) is 12.3 Å². The van der Waals surface area contributed by atoms with Gasteiger partial charge in [-0.1, -0.05) is 6.92 Å². The van der Waals surface area contributed by atoms with Gasteiger partial charge in [-0.25, -0.2) is 14.4 Å². The van der Waals surface area contributed by atoms with Crippen LogP contribution in [0.1, 0.15) is 19.2 Å². The van der Waals surface area contributed by atoms with Gasteiger partial charge in [0, 0.05) is 18.2 Å². The molecule has 17 heavy (non-hydrogen) atoms. The second kappa shape index (κ2) is 5.31. The van der Waals surface area contributed by atoms with E-state index >= 15 is 0 Å². The normalized spacial score (nSPS) is 10.5. The minimum Gasteiger partial charge on any atom is -0.261 e. The molecular formula is C12H11BrFN3. The quantitative estimate of drug-likeness (QED) is 0.815. The number of aromatic nitrogens is 3. The Labute approximate surface area is 107 Å². The van der Waals surface area contributed by atoms with Crippen molar-refractivity contribution < 1.29 is 4.39 Å². The van der Waals surface area contributed by atoms with E-state index in [9.17, 15) is 4.39 Å². The van der Waals surface area contributed by atoms with Crippen molar-refractivity contribution in [1.82, 2.24) is 15.0 Å². The maximum Gasteiger partial charge on any atom is 0.142 e. The minimum absolute atomic E-state index is 0.366. The first-order chi connectivity index (χ1) is 8.19. The largest absolute Gasteiger partial charge is 0.261 e. The molecule has 0 fully saturated rings. The van der Waals surface area contributed by atoms with Gasteiger partial charge in [-0.2, -0.15) is 0 Å². The smallest absolute Gasteiger partial charge is 0.142 e. The summed E-state index contributed by atoms with van der Waals surface area (Å²) in [5.41, 5.74) is 1.34. The van der Waals surface area contributed by atoms with Crippen molar-refractivity contribution in [2.75, 3.05) is 0 Å². The van der Waals surface area contributed by atoms with Crippen LogP contribution in [0.3, 0.4) is 0 Å². The van der Waals surface area contributed by atoms with Crippen LogP contribution in [0, 0.1) is 5.82 Å². The van der Waals surface area contributed by atoms with Crippen LogP contribution in [0.5, 0.6) is 0 Å². The second-order valence-corrected chi connectivity index (χ2v) is 4.45. The van der Waals surface area contributed by atoms with Crippen molar-refractivity contribution in [3.63, 3.8) is 0 Å². The molecule has 0 spiro atoms. The number of halogens is 2. The SMILES string of the molecule is CCCc1nc(Br)cc(-c2cncc(F)c2)n1. The highest BCUT2D eigenvalue weighted by atomic mass is 79.9. The van der Waals surface area contributed by atoms with Crippen molar-refractivity contribution in [1.29, 1.82) is 0 Å². The van der Waals surface area contributed by atoms with Crippen molar-refractivity contribution in [3.05, 3.63) is 40.8 Å². The second-order valence-electron chi connectivity index (χ2n) is 3.63. The van der Waals surface area contributed by atoms with E-state index in [1.807, 2.05) is 0 Å². The van der Waals surface area contributed by atoms with Crippen LogP contribution >= 0.6 is 15.9 Å². The third-order valence-electron chi connectivity index (χ3n) is 2.22. The first-order valence-corrected chi connectivity index (χ1v) is 6.12. The molecule has 0 aromatic carbocycles. The van der Waals surface area contributed by atoms with E-state index in [0.717, 1.165) is 18.7 Å². The fraction of sp³-hybridized carbons (Fsp3) is 0.250. The van der Waals surface area contributed by atoms with Gasteiger partial charge < -0.3 is 0 Å². The lowest BCUT2D eigenvalue weighted by atomic mass is 10.2. The van der Waals surface area contributed by atoms with Crippen LogP contribution in [0.25, 0.3) is 11.3 Å². The predicted octanol–water partition coefficient (Wildman–Crippen LogP) is 3.39. The van der Waals surface area contributed by atoms with Crippen LogP contribution in [-0.2, 0) is 6.42 Å². The summed E-state index contributed by atoms with van der Waals surface area (Å²) in [6.45, 7) is 2.06. The third-order valence-corrected chi connectivity index (χ3v) is 2.62. The lowest BCUT2D eigenvalue weighted by Gasteiger charge is -2.04. The molecule has 2 rings (SSSR count). The Morgan fingerprint density at radius 2 is 2.06 bits per heavy atom. The van der Waals surface area contributed by atoms with E-state index in [1.54, 1.807) is 12.3 Å². The zero-order valence-corrected chi connectivity index (χ0v) is 10.9. The lowest BCUT2D eigenvalue weighted by molar-refractivity contribution is 0.622. The molecule has 0 radical (unpaired) electrons. The molecule has 2 aromatic heterocycles. The summed E-state index contributed by atoms with van der Waals surface area (Å²) in [4.78, 5) is 12.5. The number of hydrogen-bond acceptors (Lipinski definition) is 3. The fourth-order valence-electron chi connectivity index (χ4n) is 1.50. The molecule has 0 amide bonds. The summed E-state index contributed by atoms with van der Waals surface area (Å²) in [5.74, 6) is 0.385. The Bertz CT molecular complexity index is 531. The topological polar surface area (TPSA) is 38.7 Å². The van der Waals surface area contributed by atoms with Crippen LogP contribution in [0.2, 0.25) is 0 Å². The summed E-state index contributed by atoms with van der Waals surface area (Å²) >= 11 is 3.33. The van der Waals surface area contributed by atoms with Gasteiger partial charge in [0.15, 0.2) is 0 Å². The van der Waals surface area contributed by atoms with Gasteiger partial charge in [0.05, 0.1) is 11.9 Å². The number of rotatable bonds is 3. The van der Waals surface area contributed by atoms with Crippen molar-refractivity contribution in [3.8, 4) is 11.3 Å². The molecule has 3 nitrogen and oxygen atoms in total. The van der Waals surface area contributed by atoms with E-state index in [4.69, 9.17) is 0 Å². The molecule has 0 saturated heterocycles. The van der Waals surface area contributed by atoms with Crippen LogP contribution < -0.4 is 0 Å².